The van der Waals surface area contributed by atoms with E-state index in [1.54, 1.807) is 14.2 Å². The Morgan fingerprint density at radius 2 is 1.90 bits per heavy atom. The number of carbonyl (C=O) groups is 1. The topological polar surface area (TPSA) is 38.8 Å². The zero-order valence-corrected chi connectivity index (χ0v) is 12.5. The summed E-state index contributed by atoms with van der Waals surface area (Å²) >= 11 is 0. The van der Waals surface area contributed by atoms with Gasteiger partial charge in [0.05, 0.1) is 14.2 Å². The number of hydrogen-bond donors (Lipinski definition) is 0. The zero-order valence-electron chi connectivity index (χ0n) is 12.5. The smallest absolute Gasteiger partial charge is 0.137 e. The Kier molecular flexibility index (Phi) is 4.88. The summed E-state index contributed by atoms with van der Waals surface area (Å²) in [5.41, 5.74) is 1.06. The fourth-order valence-electron chi connectivity index (χ4n) is 2.68. The van der Waals surface area contributed by atoms with Crippen LogP contribution in [0.25, 0.3) is 0 Å². The van der Waals surface area contributed by atoms with Crippen molar-refractivity contribution in [3.05, 3.63) is 18.2 Å². The van der Waals surface area contributed by atoms with Gasteiger partial charge in [-0.25, -0.2) is 0 Å². The molecule has 2 rings (SSSR count). The molecule has 20 heavy (non-hydrogen) atoms. The van der Waals surface area contributed by atoms with Gasteiger partial charge in [-0.3, -0.25) is 4.79 Å². The largest absolute Gasteiger partial charge is 0.497 e. The van der Waals surface area contributed by atoms with E-state index in [-0.39, 0.29) is 5.92 Å². The van der Waals surface area contributed by atoms with Gasteiger partial charge in [-0.2, -0.15) is 0 Å². The first-order chi connectivity index (χ1) is 9.67. The first kappa shape index (κ1) is 14.7. The maximum Gasteiger partial charge on any atom is 0.137 e. The molecule has 1 aromatic rings. The molecule has 1 fully saturated rings. The third-order valence-corrected chi connectivity index (χ3v) is 3.84. The molecule has 0 aliphatic carbocycles. The van der Waals surface area contributed by atoms with Crippen LogP contribution in [-0.2, 0) is 4.79 Å². The minimum atomic E-state index is 0.173. The molecule has 0 amide bonds. The van der Waals surface area contributed by atoms with Crippen LogP contribution in [0.2, 0.25) is 0 Å². The van der Waals surface area contributed by atoms with Gasteiger partial charge in [-0.05, 0) is 12.8 Å². The number of benzene rings is 1. The highest BCUT2D eigenvalue weighted by atomic mass is 16.5. The van der Waals surface area contributed by atoms with E-state index in [2.05, 4.69) is 11.8 Å². The van der Waals surface area contributed by atoms with Crippen molar-refractivity contribution in [3.63, 3.8) is 0 Å². The Morgan fingerprint density at radius 1 is 1.25 bits per heavy atom. The average molecular weight is 277 g/mol. The van der Waals surface area contributed by atoms with Crippen molar-refractivity contribution in [1.29, 1.82) is 0 Å². The quantitative estimate of drug-likeness (QED) is 0.801. The third kappa shape index (κ3) is 3.24. The van der Waals surface area contributed by atoms with Crippen LogP contribution in [0.5, 0.6) is 11.5 Å². The van der Waals surface area contributed by atoms with E-state index in [0.29, 0.717) is 12.2 Å². The van der Waals surface area contributed by atoms with E-state index in [0.717, 1.165) is 43.1 Å². The Balaban J connectivity index is 2.11. The van der Waals surface area contributed by atoms with Crippen molar-refractivity contribution in [2.75, 3.05) is 32.2 Å². The summed E-state index contributed by atoms with van der Waals surface area (Å²) in [4.78, 5) is 14.2. The molecule has 1 aliphatic rings. The number of rotatable bonds is 6. The number of Topliss-reactive ketones (excluding diaryl/α,β-unsaturated/α-hetero) is 1. The van der Waals surface area contributed by atoms with Crippen molar-refractivity contribution in [2.24, 2.45) is 5.92 Å². The molecule has 1 aromatic carbocycles. The molecular formula is C16H23NO3. The minimum Gasteiger partial charge on any atom is -0.497 e. The molecule has 1 atom stereocenters. The molecule has 0 bridgehead atoms. The standard InChI is InChI=1S/C16H23NO3/c1-4-5-16(18)12-6-7-17(11-12)13-8-14(19-2)10-15(9-13)20-3/h8-10,12H,4-7,11H2,1-3H3. The Labute approximate surface area is 120 Å². The maximum atomic E-state index is 12.0. The predicted molar refractivity (Wildman–Crippen MR) is 79.8 cm³/mol. The summed E-state index contributed by atoms with van der Waals surface area (Å²) < 4.78 is 10.6. The molecule has 110 valence electrons. The summed E-state index contributed by atoms with van der Waals surface area (Å²) in [6.07, 6.45) is 2.57. The lowest BCUT2D eigenvalue weighted by atomic mass is 10.00. The second-order valence-corrected chi connectivity index (χ2v) is 5.22. The maximum absolute atomic E-state index is 12.0. The first-order valence-electron chi connectivity index (χ1n) is 7.18. The number of ketones is 1. The summed E-state index contributed by atoms with van der Waals surface area (Å²) in [7, 11) is 3.30. The van der Waals surface area contributed by atoms with Crippen LogP contribution in [0.4, 0.5) is 5.69 Å². The number of nitrogens with zero attached hydrogens (tertiary/aromatic N) is 1. The number of carbonyl (C=O) groups excluding carboxylic acids is 1. The van der Waals surface area contributed by atoms with E-state index < -0.39 is 0 Å². The lowest BCUT2D eigenvalue weighted by Crippen LogP contribution is -2.22. The minimum absolute atomic E-state index is 0.173. The van der Waals surface area contributed by atoms with E-state index in [4.69, 9.17) is 9.47 Å². The van der Waals surface area contributed by atoms with Gasteiger partial charge < -0.3 is 14.4 Å². The van der Waals surface area contributed by atoms with Gasteiger partial charge in [0.15, 0.2) is 0 Å². The molecule has 0 spiro atoms. The van der Waals surface area contributed by atoms with Gasteiger partial charge in [0.2, 0.25) is 0 Å². The Bertz CT molecular complexity index is 451. The molecule has 0 saturated carbocycles. The van der Waals surface area contributed by atoms with Crippen molar-refractivity contribution in [3.8, 4) is 11.5 Å². The first-order valence-corrected chi connectivity index (χ1v) is 7.18. The second kappa shape index (κ2) is 6.64. The van der Waals surface area contributed by atoms with E-state index >= 15 is 0 Å². The van der Waals surface area contributed by atoms with Crippen LogP contribution in [0, 0.1) is 5.92 Å². The fraction of sp³-hybridized carbons (Fsp3) is 0.562. The Morgan fingerprint density at radius 3 is 2.45 bits per heavy atom. The molecule has 1 aliphatic heterocycles. The van der Waals surface area contributed by atoms with Crippen LogP contribution in [0.1, 0.15) is 26.2 Å². The summed E-state index contributed by atoms with van der Waals surface area (Å²) in [6, 6.07) is 5.85. The molecule has 0 aromatic heterocycles. The van der Waals surface area contributed by atoms with E-state index in [9.17, 15) is 4.79 Å². The number of anilines is 1. The number of ether oxygens (including phenoxy) is 2. The third-order valence-electron chi connectivity index (χ3n) is 3.84. The average Bonchev–Trinajstić information content (AvgIpc) is 2.97. The Hall–Kier alpha value is -1.71. The fourth-order valence-corrected chi connectivity index (χ4v) is 2.68. The lowest BCUT2D eigenvalue weighted by Gasteiger charge is -2.20. The summed E-state index contributed by atoms with van der Waals surface area (Å²) in [5.74, 6) is 2.13. The zero-order chi connectivity index (χ0) is 14.5. The van der Waals surface area contributed by atoms with Crippen LogP contribution < -0.4 is 14.4 Å². The van der Waals surface area contributed by atoms with Crippen molar-refractivity contribution < 1.29 is 14.3 Å². The molecule has 4 heteroatoms. The SMILES string of the molecule is CCCC(=O)C1CCN(c2cc(OC)cc(OC)c2)C1. The predicted octanol–water partition coefficient (Wildman–Crippen LogP) is 2.90. The summed E-state index contributed by atoms with van der Waals surface area (Å²) in [5, 5.41) is 0. The lowest BCUT2D eigenvalue weighted by molar-refractivity contribution is -0.122. The number of methoxy groups -OCH3 is 2. The number of hydrogen-bond acceptors (Lipinski definition) is 4. The highest BCUT2D eigenvalue weighted by Crippen LogP contribution is 2.32. The highest BCUT2D eigenvalue weighted by Gasteiger charge is 2.28. The van der Waals surface area contributed by atoms with Gasteiger partial charge in [0, 0.05) is 49.3 Å². The van der Waals surface area contributed by atoms with Crippen LogP contribution >= 0.6 is 0 Å². The van der Waals surface area contributed by atoms with Gasteiger partial charge in [0.1, 0.15) is 17.3 Å². The monoisotopic (exact) mass is 277 g/mol. The van der Waals surface area contributed by atoms with E-state index in [1.165, 1.54) is 0 Å². The molecule has 1 saturated heterocycles. The molecule has 1 unspecified atom stereocenters. The molecule has 1 heterocycles. The van der Waals surface area contributed by atoms with Crippen molar-refractivity contribution in [2.45, 2.75) is 26.2 Å². The van der Waals surface area contributed by atoms with Crippen molar-refractivity contribution in [1.82, 2.24) is 0 Å². The molecule has 0 radical (unpaired) electrons. The van der Waals surface area contributed by atoms with Crippen LogP contribution in [0.3, 0.4) is 0 Å². The van der Waals surface area contributed by atoms with Gasteiger partial charge in [-0.15, -0.1) is 0 Å². The van der Waals surface area contributed by atoms with Crippen LogP contribution in [0.15, 0.2) is 18.2 Å². The van der Waals surface area contributed by atoms with Gasteiger partial charge in [-0.1, -0.05) is 6.92 Å². The molecular weight excluding hydrogens is 254 g/mol. The summed E-state index contributed by atoms with van der Waals surface area (Å²) in [6.45, 7) is 3.77. The molecule has 0 N–H and O–H groups in total. The highest BCUT2D eigenvalue weighted by molar-refractivity contribution is 5.82. The van der Waals surface area contributed by atoms with Crippen LogP contribution in [-0.4, -0.2) is 33.1 Å². The van der Waals surface area contributed by atoms with E-state index in [1.807, 2.05) is 18.2 Å². The van der Waals surface area contributed by atoms with Crippen molar-refractivity contribution >= 4 is 11.5 Å². The van der Waals surface area contributed by atoms with Gasteiger partial charge in [0.25, 0.3) is 0 Å². The normalized spacial score (nSPS) is 18.1. The van der Waals surface area contributed by atoms with Gasteiger partial charge >= 0.3 is 0 Å². The second-order valence-electron chi connectivity index (χ2n) is 5.22. The molecule has 4 nitrogen and oxygen atoms in total.